The first kappa shape index (κ1) is 15.1. The van der Waals surface area contributed by atoms with Gasteiger partial charge in [0, 0.05) is 18.0 Å². The molecule has 0 fully saturated rings. The molecule has 118 valence electrons. The number of carbonyl (C=O) groups is 1. The number of halogens is 1. The zero-order valence-electron chi connectivity index (χ0n) is 12.1. The number of esters is 1. The van der Waals surface area contributed by atoms with Gasteiger partial charge in [-0.25, -0.2) is 19.6 Å². The number of anilines is 1. The molecule has 0 radical (unpaired) electrons. The van der Waals surface area contributed by atoms with E-state index in [1.165, 1.54) is 17.1 Å². The van der Waals surface area contributed by atoms with Crippen molar-refractivity contribution in [3.05, 3.63) is 23.9 Å². The molecule has 3 aromatic heterocycles. The minimum atomic E-state index is -0.412. The van der Waals surface area contributed by atoms with Crippen molar-refractivity contribution in [3.8, 4) is 11.3 Å². The number of fused-ring (bicyclic) bond motifs is 1. The van der Waals surface area contributed by atoms with Gasteiger partial charge in [0.05, 0.1) is 23.9 Å². The van der Waals surface area contributed by atoms with Crippen molar-refractivity contribution in [1.82, 2.24) is 29.7 Å². The van der Waals surface area contributed by atoms with Crippen LogP contribution in [0.1, 0.15) is 6.92 Å². The summed E-state index contributed by atoms with van der Waals surface area (Å²) in [5.74, 6) is -0.257. The average molecular weight is 334 g/mol. The number of aromatic nitrogens is 6. The molecule has 0 amide bonds. The van der Waals surface area contributed by atoms with E-state index in [-0.39, 0.29) is 17.8 Å². The lowest BCUT2D eigenvalue weighted by Crippen LogP contribution is -2.14. The highest BCUT2D eigenvalue weighted by Crippen LogP contribution is 2.26. The molecule has 0 bridgehead atoms. The van der Waals surface area contributed by atoms with Crippen molar-refractivity contribution in [2.75, 3.05) is 12.3 Å². The fraction of sp³-hybridized carbons (Fsp3) is 0.231. The zero-order valence-corrected chi connectivity index (χ0v) is 12.9. The molecule has 3 rings (SSSR count). The van der Waals surface area contributed by atoms with Gasteiger partial charge in [-0.15, -0.1) is 0 Å². The summed E-state index contributed by atoms with van der Waals surface area (Å²) < 4.78 is 6.32. The Balaban J connectivity index is 2.08. The first-order valence-corrected chi connectivity index (χ1v) is 7.09. The van der Waals surface area contributed by atoms with Crippen molar-refractivity contribution < 1.29 is 9.53 Å². The van der Waals surface area contributed by atoms with Gasteiger partial charge in [-0.05, 0) is 18.5 Å². The Labute approximate surface area is 135 Å². The molecule has 23 heavy (non-hydrogen) atoms. The molecule has 2 N–H and O–H groups in total. The number of hydrogen-bond acceptors (Lipinski definition) is 8. The maximum atomic E-state index is 11.6. The highest BCUT2D eigenvalue weighted by Gasteiger charge is 2.16. The second-order valence-corrected chi connectivity index (χ2v) is 4.85. The van der Waals surface area contributed by atoms with Crippen LogP contribution in [0.15, 0.2) is 18.6 Å². The molecule has 9 nitrogen and oxygen atoms in total. The third kappa shape index (κ3) is 3.04. The van der Waals surface area contributed by atoms with Gasteiger partial charge in [0.2, 0.25) is 11.2 Å². The van der Waals surface area contributed by atoms with E-state index >= 15 is 0 Å². The Morgan fingerprint density at radius 1 is 1.30 bits per heavy atom. The van der Waals surface area contributed by atoms with Crippen LogP contribution in [-0.4, -0.2) is 42.3 Å². The van der Waals surface area contributed by atoms with Gasteiger partial charge in [0.25, 0.3) is 0 Å². The first-order valence-electron chi connectivity index (χ1n) is 6.71. The lowest BCUT2D eigenvalue weighted by molar-refractivity contribution is -0.143. The van der Waals surface area contributed by atoms with E-state index < -0.39 is 5.97 Å². The Morgan fingerprint density at radius 3 is 2.74 bits per heavy atom. The summed E-state index contributed by atoms with van der Waals surface area (Å²) in [6, 6.07) is 0. The summed E-state index contributed by atoms with van der Waals surface area (Å²) in [7, 11) is 0. The summed E-state index contributed by atoms with van der Waals surface area (Å²) in [6.07, 6.45) is 4.61. The van der Waals surface area contributed by atoms with Gasteiger partial charge >= 0.3 is 5.97 Å². The van der Waals surface area contributed by atoms with Crippen molar-refractivity contribution >= 4 is 34.6 Å². The lowest BCUT2D eigenvalue weighted by Gasteiger charge is -2.05. The van der Waals surface area contributed by atoms with Crippen molar-refractivity contribution in [2.24, 2.45) is 0 Å². The van der Waals surface area contributed by atoms with E-state index in [0.717, 1.165) is 0 Å². The van der Waals surface area contributed by atoms with E-state index in [1.54, 1.807) is 13.1 Å². The van der Waals surface area contributed by atoms with Gasteiger partial charge in [0.15, 0.2) is 5.65 Å². The van der Waals surface area contributed by atoms with Gasteiger partial charge in [-0.3, -0.25) is 4.79 Å². The third-order valence-electron chi connectivity index (χ3n) is 3.00. The van der Waals surface area contributed by atoms with E-state index in [2.05, 4.69) is 25.0 Å². The first-order chi connectivity index (χ1) is 11.1. The monoisotopic (exact) mass is 333 g/mol. The Morgan fingerprint density at radius 2 is 2.04 bits per heavy atom. The normalized spacial score (nSPS) is 10.9. The lowest BCUT2D eigenvalue weighted by atomic mass is 10.2. The number of carbonyl (C=O) groups excluding carboxylic acids is 1. The Hall–Kier alpha value is -2.81. The number of nitrogen functional groups attached to an aromatic ring is 1. The maximum Gasteiger partial charge on any atom is 0.327 e. The molecule has 0 aromatic carbocycles. The molecule has 0 saturated heterocycles. The number of nitrogens with two attached hydrogens (primary N) is 1. The van der Waals surface area contributed by atoms with Crippen molar-refractivity contribution in [2.45, 2.75) is 13.5 Å². The van der Waals surface area contributed by atoms with Gasteiger partial charge in [-0.2, -0.15) is 10.1 Å². The van der Waals surface area contributed by atoms with Crippen molar-refractivity contribution in [3.63, 3.8) is 0 Å². The largest absolute Gasteiger partial charge is 0.465 e. The number of hydrogen-bond donors (Lipinski definition) is 1. The minimum absolute atomic E-state index is 0.0231. The molecule has 0 aliphatic rings. The van der Waals surface area contributed by atoms with Crippen LogP contribution in [0.4, 0.5) is 5.95 Å². The van der Waals surface area contributed by atoms with Gasteiger partial charge in [0.1, 0.15) is 6.54 Å². The van der Waals surface area contributed by atoms with E-state index in [1.807, 2.05) is 0 Å². The summed E-state index contributed by atoms with van der Waals surface area (Å²) in [5, 5.41) is 4.79. The van der Waals surface area contributed by atoms with E-state index in [9.17, 15) is 4.79 Å². The van der Waals surface area contributed by atoms with Crippen LogP contribution in [-0.2, 0) is 16.1 Å². The molecule has 0 aliphatic carbocycles. The molecule has 0 atom stereocenters. The average Bonchev–Trinajstić information content (AvgIpc) is 2.90. The van der Waals surface area contributed by atoms with Crippen LogP contribution in [0.5, 0.6) is 0 Å². The van der Waals surface area contributed by atoms with Gasteiger partial charge in [-0.1, -0.05) is 0 Å². The highest BCUT2D eigenvalue weighted by molar-refractivity contribution is 6.28. The molecule has 0 spiro atoms. The number of rotatable bonds is 4. The van der Waals surface area contributed by atoms with Crippen LogP contribution < -0.4 is 5.73 Å². The molecule has 3 aromatic rings. The predicted molar refractivity (Wildman–Crippen MR) is 82.4 cm³/mol. The standard InChI is InChI=1S/C13H12ClN7O2/c1-2-23-9(22)6-21-11-8(5-18-21)10(19-12(14)20-11)7-3-16-13(15)17-4-7/h3-5H,2,6H2,1H3,(H2,15,16,17). The fourth-order valence-electron chi connectivity index (χ4n) is 2.05. The second-order valence-electron chi connectivity index (χ2n) is 4.52. The predicted octanol–water partition coefficient (Wildman–Crippen LogP) is 1.08. The van der Waals surface area contributed by atoms with Crippen LogP contribution in [0.3, 0.4) is 0 Å². The van der Waals surface area contributed by atoms with E-state index in [0.29, 0.717) is 28.9 Å². The molecular formula is C13H12ClN7O2. The molecule has 0 saturated carbocycles. The fourth-order valence-corrected chi connectivity index (χ4v) is 2.22. The summed E-state index contributed by atoms with van der Waals surface area (Å²) in [5.41, 5.74) is 7.03. The maximum absolute atomic E-state index is 11.6. The van der Waals surface area contributed by atoms with Crippen LogP contribution in [0.25, 0.3) is 22.3 Å². The zero-order chi connectivity index (χ0) is 16.4. The smallest absolute Gasteiger partial charge is 0.327 e. The molecule has 0 unspecified atom stereocenters. The highest BCUT2D eigenvalue weighted by atomic mass is 35.5. The molecule has 3 heterocycles. The Kier molecular flexibility index (Phi) is 4.02. The molecular weight excluding hydrogens is 322 g/mol. The van der Waals surface area contributed by atoms with Crippen LogP contribution >= 0.6 is 11.6 Å². The second kappa shape index (κ2) is 6.13. The summed E-state index contributed by atoms with van der Waals surface area (Å²) in [6.45, 7) is 1.96. The number of nitrogens with zero attached hydrogens (tertiary/aromatic N) is 6. The van der Waals surface area contributed by atoms with Crippen LogP contribution in [0, 0.1) is 0 Å². The quantitative estimate of drug-likeness (QED) is 0.556. The molecule has 0 aliphatic heterocycles. The van der Waals surface area contributed by atoms with Gasteiger partial charge < -0.3 is 10.5 Å². The van der Waals surface area contributed by atoms with Crippen LogP contribution in [0.2, 0.25) is 5.28 Å². The van der Waals surface area contributed by atoms with Crippen molar-refractivity contribution in [1.29, 1.82) is 0 Å². The Bertz CT molecular complexity index is 863. The topological polar surface area (TPSA) is 122 Å². The minimum Gasteiger partial charge on any atom is -0.465 e. The van der Waals surface area contributed by atoms with E-state index in [4.69, 9.17) is 22.1 Å². The summed E-state index contributed by atoms with van der Waals surface area (Å²) >= 11 is 5.99. The SMILES string of the molecule is CCOC(=O)Cn1ncc2c(-c3cnc(N)nc3)nc(Cl)nc21. The number of ether oxygens (including phenoxy) is 1. The molecule has 10 heteroatoms. The summed E-state index contributed by atoms with van der Waals surface area (Å²) in [4.78, 5) is 27.8. The third-order valence-corrected chi connectivity index (χ3v) is 3.17.